The van der Waals surface area contributed by atoms with Gasteiger partial charge in [-0.1, -0.05) is 30.3 Å². The third-order valence-electron chi connectivity index (χ3n) is 2.38. The molecule has 0 aliphatic carbocycles. The molecule has 1 N–H and O–H groups in total. The highest BCUT2D eigenvalue weighted by molar-refractivity contribution is 5.86. The van der Waals surface area contributed by atoms with Gasteiger partial charge in [0.25, 0.3) is 0 Å². The SMILES string of the molecule is CN(C)CCNC(=O)C(C#N)c1ccccc1. The molecule has 4 heteroatoms. The predicted octanol–water partition coefficient (Wildman–Crippen LogP) is 0.972. The quantitative estimate of drug-likeness (QED) is 0.821. The van der Waals surface area contributed by atoms with Crippen molar-refractivity contribution in [1.82, 2.24) is 10.2 Å². The number of likely N-dealkylation sites (N-methyl/N-ethyl adjacent to an activating group) is 1. The Labute approximate surface area is 102 Å². The molecule has 0 radical (unpaired) electrons. The van der Waals surface area contributed by atoms with Crippen LogP contribution in [0.15, 0.2) is 30.3 Å². The summed E-state index contributed by atoms with van der Waals surface area (Å²) in [6, 6.07) is 11.1. The van der Waals surface area contributed by atoms with E-state index in [-0.39, 0.29) is 5.91 Å². The Morgan fingerprint density at radius 2 is 2.06 bits per heavy atom. The van der Waals surface area contributed by atoms with E-state index in [2.05, 4.69) is 5.32 Å². The number of nitrogens with zero attached hydrogens (tertiary/aromatic N) is 2. The first-order valence-corrected chi connectivity index (χ1v) is 5.52. The minimum atomic E-state index is -0.724. The molecule has 1 unspecified atom stereocenters. The first kappa shape index (κ1) is 13.2. The molecule has 1 aromatic carbocycles. The molecule has 0 saturated heterocycles. The molecule has 17 heavy (non-hydrogen) atoms. The summed E-state index contributed by atoms with van der Waals surface area (Å²) in [7, 11) is 3.87. The summed E-state index contributed by atoms with van der Waals surface area (Å²) in [5.41, 5.74) is 0.734. The van der Waals surface area contributed by atoms with Crippen LogP contribution in [-0.4, -0.2) is 38.0 Å². The van der Waals surface area contributed by atoms with Crippen molar-refractivity contribution in [2.24, 2.45) is 0 Å². The van der Waals surface area contributed by atoms with E-state index in [0.717, 1.165) is 12.1 Å². The van der Waals surface area contributed by atoms with Crippen molar-refractivity contribution in [2.75, 3.05) is 27.2 Å². The first-order chi connectivity index (χ1) is 8.15. The maximum absolute atomic E-state index is 11.8. The van der Waals surface area contributed by atoms with Crippen molar-refractivity contribution >= 4 is 5.91 Å². The van der Waals surface area contributed by atoms with Crippen LogP contribution >= 0.6 is 0 Å². The topological polar surface area (TPSA) is 56.1 Å². The number of benzene rings is 1. The van der Waals surface area contributed by atoms with Crippen molar-refractivity contribution in [2.45, 2.75) is 5.92 Å². The molecule has 0 bridgehead atoms. The standard InChI is InChI=1S/C13H17N3O/c1-16(2)9-8-15-13(17)12(10-14)11-6-4-3-5-7-11/h3-7,12H,8-9H2,1-2H3,(H,15,17). The molecule has 0 aromatic heterocycles. The number of amides is 1. The summed E-state index contributed by atoms with van der Waals surface area (Å²) in [6.45, 7) is 1.32. The van der Waals surface area contributed by atoms with Gasteiger partial charge in [-0.2, -0.15) is 5.26 Å². The second-order valence-electron chi connectivity index (χ2n) is 4.07. The van der Waals surface area contributed by atoms with E-state index >= 15 is 0 Å². The van der Waals surface area contributed by atoms with Crippen LogP contribution in [0, 0.1) is 11.3 Å². The van der Waals surface area contributed by atoms with E-state index in [1.165, 1.54) is 0 Å². The van der Waals surface area contributed by atoms with Gasteiger partial charge in [-0.05, 0) is 19.7 Å². The van der Waals surface area contributed by atoms with Gasteiger partial charge in [0.2, 0.25) is 5.91 Å². The van der Waals surface area contributed by atoms with E-state index in [9.17, 15) is 4.79 Å². The summed E-state index contributed by atoms with van der Waals surface area (Å²) in [5.74, 6) is -0.959. The van der Waals surface area contributed by atoms with Crippen LogP contribution in [0.4, 0.5) is 0 Å². The highest BCUT2D eigenvalue weighted by Crippen LogP contribution is 2.14. The van der Waals surface area contributed by atoms with Crippen LogP contribution in [0.25, 0.3) is 0 Å². The highest BCUT2D eigenvalue weighted by atomic mass is 16.1. The van der Waals surface area contributed by atoms with Gasteiger partial charge in [0, 0.05) is 13.1 Å². The monoisotopic (exact) mass is 231 g/mol. The lowest BCUT2D eigenvalue weighted by atomic mass is 10.00. The smallest absolute Gasteiger partial charge is 0.241 e. The zero-order valence-corrected chi connectivity index (χ0v) is 10.2. The summed E-state index contributed by atoms with van der Waals surface area (Å²) < 4.78 is 0. The summed E-state index contributed by atoms with van der Waals surface area (Å²) in [5, 5.41) is 11.8. The van der Waals surface area contributed by atoms with Crippen molar-refractivity contribution in [1.29, 1.82) is 5.26 Å². The molecule has 90 valence electrons. The van der Waals surface area contributed by atoms with E-state index in [1.807, 2.05) is 43.3 Å². The second-order valence-corrected chi connectivity index (χ2v) is 4.07. The number of nitriles is 1. The van der Waals surface area contributed by atoms with Gasteiger partial charge in [0.15, 0.2) is 0 Å². The lowest BCUT2D eigenvalue weighted by Crippen LogP contribution is -2.34. The molecule has 0 fully saturated rings. The Morgan fingerprint density at radius 3 is 2.59 bits per heavy atom. The van der Waals surface area contributed by atoms with Gasteiger partial charge < -0.3 is 10.2 Å². The van der Waals surface area contributed by atoms with E-state index in [1.54, 1.807) is 12.1 Å². The van der Waals surface area contributed by atoms with Crippen LogP contribution in [0.3, 0.4) is 0 Å². The van der Waals surface area contributed by atoms with Crippen LogP contribution in [-0.2, 0) is 4.79 Å². The molecule has 0 aliphatic heterocycles. The minimum absolute atomic E-state index is 0.236. The maximum Gasteiger partial charge on any atom is 0.241 e. The maximum atomic E-state index is 11.8. The third-order valence-corrected chi connectivity index (χ3v) is 2.38. The van der Waals surface area contributed by atoms with Crippen molar-refractivity contribution in [3.05, 3.63) is 35.9 Å². The number of carbonyl (C=O) groups is 1. The third kappa shape index (κ3) is 4.25. The molecular formula is C13H17N3O. The van der Waals surface area contributed by atoms with Gasteiger partial charge in [-0.25, -0.2) is 0 Å². The van der Waals surface area contributed by atoms with Crippen LogP contribution in [0.1, 0.15) is 11.5 Å². The van der Waals surface area contributed by atoms with E-state index < -0.39 is 5.92 Å². The molecule has 1 atom stereocenters. The average molecular weight is 231 g/mol. The van der Waals surface area contributed by atoms with Crippen LogP contribution in [0.5, 0.6) is 0 Å². The summed E-state index contributed by atoms with van der Waals surface area (Å²) >= 11 is 0. The summed E-state index contributed by atoms with van der Waals surface area (Å²) in [4.78, 5) is 13.8. The van der Waals surface area contributed by atoms with Crippen LogP contribution in [0.2, 0.25) is 0 Å². The fourth-order valence-corrected chi connectivity index (χ4v) is 1.43. The molecule has 4 nitrogen and oxygen atoms in total. The Kier molecular flexibility index (Phi) is 5.18. The van der Waals surface area contributed by atoms with Gasteiger partial charge in [-0.15, -0.1) is 0 Å². The van der Waals surface area contributed by atoms with Gasteiger partial charge in [-0.3, -0.25) is 4.79 Å². The van der Waals surface area contributed by atoms with Crippen molar-refractivity contribution < 1.29 is 4.79 Å². The normalized spacial score (nSPS) is 11.9. The summed E-state index contributed by atoms with van der Waals surface area (Å²) in [6.07, 6.45) is 0. The van der Waals surface area contributed by atoms with Crippen LogP contribution < -0.4 is 5.32 Å². The molecule has 1 amide bonds. The number of hydrogen-bond acceptors (Lipinski definition) is 3. The molecule has 0 spiro atoms. The second kappa shape index (κ2) is 6.66. The van der Waals surface area contributed by atoms with Gasteiger partial charge in [0.05, 0.1) is 6.07 Å². The zero-order valence-electron chi connectivity index (χ0n) is 10.2. The first-order valence-electron chi connectivity index (χ1n) is 5.52. The zero-order chi connectivity index (χ0) is 12.7. The lowest BCUT2D eigenvalue weighted by Gasteiger charge is -2.13. The van der Waals surface area contributed by atoms with E-state index in [4.69, 9.17) is 5.26 Å². The largest absolute Gasteiger partial charge is 0.353 e. The Hall–Kier alpha value is -1.86. The Morgan fingerprint density at radius 1 is 1.41 bits per heavy atom. The molecular weight excluding hydrogens is 214 g/mol. The van der Waals surface area contributed by atoms with Gasteiger partial charge >= 0.3 is 0 Å². The molecule has 0 aliphatic rings. The van der Waals surface area contributed by atoms with Crippen molar-refractivity contribution in [3.8, 4) is 6.07 Å². The Bertz CT molecular complexity index is 395. The fourth-order valence-electron chi connectivity index (χ4n) is 1.43. The lowest BCUT2D eigenvalue weighted by molar-refractivity contribution is -0.121. The molecule has 1 aromatic rings. The van der Waals surface area contributed by atoms with Gasteiger partial charge in [0.1, 0.15) is 5.92 Å². The Balaban J connectivity index is 2.57. The number of rotatable bonds is 5. The average Bonchev–Trinajstić information content (AvgIpc) is 2.31. The number of hydrogen-bond donors (Lipinski definition) is 1. The van der Waals surface area contributed by atoms with Crippen molar-refractivity contribution in [3.63, 3.8) is 0 Å². The molecule has 0 saturated carbocycles. The number of nitrogens with one attached hydrogen (secondary N) is 1. The fraction of sp³-hybridized carbons (Fsp3) is 0.385. The highest BCUT2D eigenvalue weighted by Gasteiger charge is 2.18. The number of carbonyl (C=O) groups excluding carboxylic acids is 1. The molecule has 1 rings (SSSR count). The van der Waals surface area contributed by atoms with E-state index in [0.29, 0.717) is 6.54 Å². The molecule has 0 heterocycles. The predicted molar refractivity (Wildman–Crippen MR) is 66.4 cm³/mol. The minimum Gasteiger partial charge on any atom is -0.353 e.